The smallest absolute Gasteiger partial charge is 0.124 e. The molecule has 0 saturated heterocycles. The monoisotopic (exact) mass is 290 g/mol. The lowest BCUT2D eigenvalue weighted by Gasteiger charge is -2.19. The van der Waals surface area contributed by atoms with Gasteiger partial charge in [-0.2, -0.15) is 0 Å². The predicted molar refractivity (Wildman–Crippen MR) is 82.4 cm³/mol. The zero-order chi connectivity index (χ0) is 14.5. The molecule has 20 heavy (non-hydrogen) atoms. The zero-order valence-corrected chi connectivity index (χ0v) is 12.5. The SMILES string of the molecule is COc1ccc(Cl)cc1C(O)CC(C)c1ccccc1. The molecule has 2 unspecified atom stereocenters. The Morgan fingerprint density at radius 1 is 1.15 bits per heavy atom. The summed E-state index contributed by atoms with van der Waals surface area (Å²) in [5.41, 5.74) is 1.95. The molecule has 1 N–H and O–H groups in total. The molecule has 0 aliphatic carbocycles. The number of rotatable bonds is 5. The molecule has 0 aliphatic rings. The van der Waals surface area contributed by atoms with E-state index in [-0.39, 0.29) is 5.92 Å². The Balaban J connectivity index is 2.16. The first-order valence-electron chi connectivity index (χ1n) is 6.68. The standard InChI is InChI=1S/C17H19ClO2/c1-12(13-6-4-3-5-7-13)10-16(19)15-11-14(18)8-9-17(15)20-2/h3-9,11-12,16,19H,10H2,1-2H3. The topological polar surface area (TPSA) is 29.5 Å². The highest BCUT2D eigenvalue weighted by Gasteiger charge is 2.17. The van der Waals surface area contributed by atoms with Gasteiger partial charge in [0.25, 0.3) is 0 Å². The minimum Gasteiger partial charge on any atom is -0.496 e. The van der Waals surface area contributed by atoms with Gasteiger partial charge in [-0.05, 0) is 36.1 Å². The molecule has 2 aromatic rings. The van der Waals surface area contributed by atoms with Gasteiger partial charge >= 0.3 is 0 Å². The van der Waals surface area contributed by atoms with E-state index in [1.807, 2.05) is 18.2 Å². The first-order chi connectivity index (χ1) is 9.61. The molecule has 0 aromatic heterocycles. The van der Waals surface area contributed by atoms with Crippen molar-refractivity contribution in [1.82, 2.24) is 0 Å². The van der Waals surface area contributed by atoms with Crippen LogP contribution in [0.15, 0.2) is 48.5 Å². The fraction of sp³-hybridized carbons (Fsp3) is 0.294. The number of benzene rings is 2. The number of ether oxygens (including phenoxy) is 1. The van der Waals surface area contributed by atoms with Crippen molar-refractivity contribution in [2.24, 2.45) is 0 Å². The van der Waals surface area contributed by atoms with Crippen molar-refractivity contribution < 1.29 is 9.84 Å². The van der Waals surface area contributed by atoms with E-state index in [9.17, 15) is 5.11 Å². The van der Waals surface area contributed by atoms with Crippen molar-refractivity contribution >= 4 is 11.6 Å². The summed E-state index contributed by atoms with van der Waals surface area (Å²) in [4.78, 5) is 0. The highest BCUT2D eigenvalue weighted by atomic mass is 35.5. The zero-order valence-electron chi connectivity index (χ0n) is 11.7. The van der Waals surface area contributed by atoms with Gasteiger partial charge in [0, 0.05) is 10.6 Å². The van der Waals surface area contributed by atoms with Crippen molar-refractivity contribution in [3.8, 4) is 5.75 Å². The Hall–Kier alpha value is -1.51. The molecular weight excluding hydrogens is 272 g/mol. The van der Waals surface area contributed by atoms with Crippen LogP contribution in [-0.2, 0) is 0 Å². The van der Waals surface area contributed by atoms with Crippen LogP contribution in [0.4, 0.5) is 0 Å². The molecule has 0 aliphatic heterocycles. The summed E-state index contributed by atoms with van der Waals surface area (Å²) in [6.45, 7) is 2.11. The second-order valence-electron chi connectivity index (χ2n) is 4.95. The number of aliphatic hydroxyl groups excluding tert-OH is 1. The van der Waals surface area contributed by atoms with Crippen molar-refractivity contribution in [3.05, 3.63) is 64.7 Å². The minimum atomic E-state index is -0.598. The van der Waals surface area contributed by atoms with Crippen molar-refractivity contribution in [2.45, 2.75) is 25.4 Å². The van der Waals surface area contributed by atoms with Gasteiger partial charge < -0.3 is 9.84 Å². The van der Waals surface area contributed by atoms with Crippen molar-refractivity contribution in [2.75, 3.05) is 7.11 Å². The number of hydrogen-bond donors (Lipinski definition) is 1. The van der Waals surface area contributed by atoms with Crippen LogP contribution in [0.1, 0.15) is 36.5 Å². The van der Waals surface area contributed by atoms with Crippen molar-refractivity contribution in [3.63, 3.8) is 0 Å². The molecule has 0 fully saturated rings. The van der Waals surface area contributed by atoms with Gasteiger partial charge in [-0.1, -0.05) is 48.9 Å². The van der Waals surface area contributed by atoms with Gasteiger partial charge in [-0.15, -0.1) is 0 Å². The Labute approximate surface area is 125 Å². The fourth-order valence-corrected chi connectivity index (χ4v) is 2.53. The van der Waals surface area contributed by atoms with Gasteiger partial charge in [0.15, 0.2) is 0 Å². The summed E-state index contributed by atoms with van der Waals surface area (Å²) >= 11 is 6.00. The van der Waals surface area contributed by atoms with Gasteiger partial charge in [0.05, 0.1) is 13.2 Å². The highest BCUT2D eigenvalue weighted by Crippen LogP contribution is 2.34. The Morgan fingerprint density at radius 3 is 2.50 bits per heavy atom. The Morgan fingerprint density at radius 2 is 1.85 bits per heavy atom. The lowest BCUT2D eigenvalue weighted by atomic mass is 9.92. The molecule has 2 nitrogen and oxygen atoms in total. The molecule has 2 rings (SSSR count). The van der Waals surface area contributed by atoms with E-state index in [1.165, 1.54) is 5.56 Å². The predicted octanol–water partition coefficient (Wildman–Crippen LogP) is 4.58. The summed E-state index contributed by atoms with van der Waals surface area (Å²) in [6.07, 6.45) is 0.0274. The quantitative estimate of drug-likeness (QED) is 0.873. The first kappa shape index (κ1) is 14.9. The highest BCUT2D eigenvalue weighted by molar-refractivity contribution is 6.30. The lowest BCUT2D eigenvalue weighted by molar-refractivity contribution is 0.155. The third kappa shape index (κ3) is 3.53. The third-order valence-electron chi connectivity index (χ3n) is 3.50. The van der Waals surface area contributed by atoms with E-state index in [0.717, 1.165) is 5.56 Å². The van der Waals surface area contributed by atoms with Crippen LogP contribution < -0.4 is 4.74 Å². The van der Waals surface area contributed by atoms with Gasteiger partial charge in [0.1, 0.15) is 5.75 Å². The van der Waals surface area contributed by atoms with Crippen LogP contribution in [0.2, 0.25) is 5.02 Å². The van der Waals surface area contributed by atoms with Gasteiger partial charge in [0.2, 0.25) is 0 Å². The van der Waals surface area contributed by atoms with E-state index in [4.69, 9.17) is 16.3 Å². The first-order valence-corrected chi connectivity index (χ1v) is 7.06. The van der Waals surface area contributed by atoms with Crippen LogP contribution in [0.3, 0.4) is 0 Å². The average Bonchev–Trinajstić information content (AvgIpc) is 2.48. The van der Waals surface area contributed by atoms with Gasteiger partial charge in [-0.3, -0.25) is 0 Å². The Bertz CT molecular complexity index is 554. The normalized spacial score (nSPS) is 13.8. The van der Waals surface area contributed by atoms with Crippen LogP contribution in [0, 0.1) is 0 Å². The fourth-order valence-electron chi connectivity index (χ4n) is 2.35. The average molecular weight is 291 g/mol. The Kier molecular flexibility index (Phi) is 5.05. The molecule has 2 atom stereocenters. The van der Waals surface area contributed by atoms with Crippen LogP contribution in [0.5, 0.6) is 5.75 Å². The van der Waals surface area contributed by atoms with E-state index < -0.39 is 6.10 Å². The molecular formula is C17H19ClO2. The lowest BCUT2D eigenvalue weighted by Crippen LogP contribution is -2.05. The van der Waals surface area contributed by atoms with E-state index in [2.05, 4.69) is 19.1 Å². The van der Waals surface area contributed by atoms with E-state index in [1.54, 1.807) is 25.3 Å². The molecule has 0 spiro atoms. The molecule has 3 heteroatoms. The minimum absolute atomic E-state index is 0.259. The largest absolute Gasteiger partial charge is 0.496 e. The third-order valence-corrected chi connectivity index (χ3v) is 3.73. The summed E-state index contributed by atoms with van der Waals surface area (Å²) in [5.74, 6) is 0.928. The second kappa shape index (κ2) is 6.78. The summed E-state index contributed by atoms with van der Waals surface area (Å²) in [7, 11) is 1.60. The summed E-state index contributed by atoms with van der Waals surface area (Å²) in [5, 5.41) is 11.1. The van der Waals surface area contributed by atoms with E-state index in [0.29, 0.717) is 17.2 Å². The molecule has 106 valence electrons. The number of methoxy groups -OCH3 is 1. The number of hydrogen-bond acceptors (Lipinski definition) is 2. The maximum atomic E-state index is 10.4. The maximum absolute atomic E-state index is 10.4. The molecule has 0 bridgehead atoms. The van der Waals surface area contributed by atoms with Crippen LogP contribution >= 0.6 is 11.6 Å². The molecule has 0 radical (unpaired) electrons. The number of halogens is 1. The molecule has 0 heterocycles. The summed E-state index contributed by atoms with van der Waals surface area (Å²) < 4.78 is 5.29. The number of aliphatic hydroxyl groups is 1. The maximum Gasteiger partial charge on any atom is 0.124 e. The van der Waals surface area contributed by atoms with Gasteiger partial charge in [-0.25, -0.2) is 0 Å². The van der Waals surface area contributed by atoms with Crippen LogP contribution in [0.25, 0.3) is 0 Å². The summed E-state index contributed by atoms with van der Waals surface area (Å²) in [6, 6.07) is 15.5. The second-order valence-corrected chi connectivity index (χ2v) is 5.39. The molecule has 2 aromatic carbocycles. The molecule has 0 amide bonds. The van der Waals surface area contributed by atoms with E-state index >= 15 is 0 Å². The van der Waals surface area contributed by atoms with Crippen molar-refractivity contribution in [1.29, 1.82) is 0 Å². The molecule has 0 saturated carbocycles. The van der Waals surface area contributed by atoms with Crippen LogP contribution in [-0.4, -0.2) is 12.2 Å².